The SMILES string of the molecule is Cc1nc(Cl)nc(-n2cccn2)c1[N+](=O)[O-]. The predicted octanol–water partition coefficient (Wildman–Crippen LogP) is 1.53. The lowest BCUT2D eigenvalue weighted by Gasteiger charge is -2.03. The lowest BCUT2D eigenvalue weighted by molar-refractivity contribution is -0.385. The first-order chi connectivity index (χ1) is 7.59. The van der Waals surface area contributed by atoms with Crippen molar-refractivity contribution in [1.29, 1.82) is 0 Å². The van der Waals surface area contributed by atoms with Crippen LogP contribution in [0.2, 0.25) is 5.28 Å². The van der Waals surface area contributed by atoms with Gasteiger partial charge >= 0.3 is 5.69 Å². The van der Waals surface area contributed by atoms with Crippen LogP contribution >= 0.6 is 11.6 Å². The summed E-state index contributed by atoms with van der Waals surface area (Å²) in [7, 11) is 0. The highest BCUT2D eigenvalue weighted by Gasteiger charge is 2.23. The molecule has 0 amide bonds. The Morgan fingerprint density at radius 3 is 2.81 bits per heavy atom. The van der Waals surface area contributed by atoms with Gasteiger partial charge in [-0.25, -0.2) is 9.67 Å². The van der Waals surface area contributed by atoms with Gasteiger partial charge in [0, 0.05) is 12.4 Å². The van der Waals surface area contributed by atoms with Crippen molar-refractivity contribution in [3.63, 3.8) is 0 Å². The first kappa shape index (κ1) is 10.5. The van der Waals surface area contributed by atoms with Crippen molar-refractivity contribution in [1.82, 2.24) is 19.7 Å². The highest BCUT2D eigenvalue weighted by atomic mass is 35.5. The molecule has 2 aromatic heterocycles. The van der Waals surface area contributed by atoms with Gasteiger partial charge in [-0.05, 0) is 24.6 Å². The van der Waals surface area contributed by atoms with Crippen LogP contribution in [0.25, 0.3) is 5.82 Å². The fourth-order valence-corrected chi connectivity index (χ4v) is 1.49. The number of rotatable bonds is 2. The normalized spacial score (nSPS) is 10.4. The highest BCUT2D eigenvalue weighted by molar-refractivity contribution is 6.28. The smallest absolute Gasteiger partial charge is 0.258 e. The fraction of sp³-hybridized carbons (Fsp3) is 0.125. The molecule has 2 heterocycles. The van der Waals surface area contributed by atoms with E-state index < -0.39 is 4.92 Å². The number of aryl methyl sites for hydroxylation is 1. The minimum atomic E-state index is -0.553. The van der Waals surface area contributed by atoms with E-state index in [1.165, 1.54) is 17.8 Å². The van der Waals surface area contributed by atoms with Gasteiger partial charge in [-0.1, -0.05) is 0 Å². The van der Waals surface area contributed by atoms with Crippen LogP contribution in [0, 0.1) is 17.0 Å². The predicted molar refractivity (Wildman–Crippen MR) is 55.6 cm³/mol. The van der Waals surface area contributed by atoms with Crippen LogP contribution in [0.4, 0.5) is 5.69 Å². The molecule has 0 radical (unpaired) electrons. The molecule has 7 nitrogen and oxygen atoms in total. The van der Waals surface area contributed by atoms with Crippen molar-refractivity contribution in [2.45, 2.75) is 6.92 Å². The molecule has 2 aromatic rings. The van der Waals surface area contributed by atoms with Gasteiger partial charge in [0.25, 0.3) is 0 Å². The average Bonchev–Trinajstić information content (AvgIpc) is 2.67. The Hall–Kier alpha value is -2.02. The lowest BCUT2D eigenvalue weighted by Crippen LogP contribution is -2.07. The molecule has 8 heteroatoms. The molecule has 0 spiro atoms. The van der Waals surface area contributed by atoms with Gasteiger partial charge in [-0.3, -0.25) is 10.1 Å². The van der Waals surface area contributed by atoms with Crippen molar-refractivity contribution in [3.05, 3.63) is 39.6 Å². The zero-order valence-corrected chi connectivity index (χ0v) is 8.92. The maximum Gasteiger partial charge on any atom is 0.334 e. The van der Waals surface area contributed by atoms with Crippen molar-refractivity contribution >= 4 is 17.3 Å². The summed E-state index contributed by atoms with van der Waals surface area (Å²) in [5.74, 6) is 0.0625. The molecule has 0 saturated carbocycles. The summed E-state index contributed by atoms with van der Waals surface area (Å²) < 4.78 is 1.28. The van der Waals surface area contributed by atoms with Gasteiger partial charge in [0.1, 0.15) is 5.69 Å². The lowest BCUT2D eigenvalue weighted by atomic mass is 10.3. The number of hydrogen-bond donors (Lipinski definition) is 0. The molecule has 0 atom stereocenters. The van der Waals surface area contributed by atoms with Crippen LogP contribution in [0.5, 0.6) is 0 Å². The second-order valence-electron chi connectivity index (χ2n) is 2.96. The summed E-state index contributed by atoms with van der Waals surface area (Å²) in [6.07, 6.45) is 3.04. The van der Waals surface area contributed by atoms with E-state index in [1.54, 1.807) is 12.3 Å². The topological polar surface area (TPSA) is 86.7 Å². The van der Waals surface area contributed by atoms with E-state index in [2.05, 4.69) is 15.1 Å². The molecule has 0 aliphatic heterocycles. The molecule has 0 unspecified atom stereocenters. The van der Waals surface area contributed by atoms with Crippen molar-refractivity contribution in [3.8, 4) is 5.82 Å². The Morgan fingerprint density at radius 1 is 1.50 bits per heavy atom. The van der Waals surface area contributed by atoms with Crippen LogP contribution in [0.15, 0.2) is 18.5 Å². The summed E-state index contributed by atoms with van der Waals surface area (Å²) in [6, 6.07) is 1.63. The van der Waals surface area contributed by atoms with Crippen LogP contribution in [0.3, 0.4) is 0 Å². The van der Waals surface area contributed by atoms with E-state index in [4.69, 9.17) is 11.6 Å². The average molecular weight is 240 g/mol. The Labute approximate surface area is 94.9 Å². The quantitative estimate of drug-likeness (QED) is 0.451. The Kier molecular flexibility index (Phi) is 2.53. The van der Waals surface area contributed by atoms with Gasteiger partial charge in [0.15, 0.2) is 0 Å². The number of halogens is 1. The van der Waals surface area contributed by atoms with Crippen LogP contribution in [0.1, 0.15) is 5.69 Å². The molecule has 0 fully saturated rings. The molecule has 0 N–H and O–H groups in total. The Balaban J connectivity index is 2.72. The van der Waals surface area contributed by atoms with Gasteiger partial charge in [-0.2, -0.15) is 10.1 Å². The molecule has 0 bridgehead atoms. The Bertz CT molecular complexity index is 540. The van der Waals surface area contributed by atoms with E-state index >= 15 is 0 Å². The fourth-order valence-electron chi connectivity index (χ4n) is 1.29. The van der Waals surface area contributed by atoms with Crippen molar-refractivity contribution in [2.24, 2.45) is 0 Å². The number of aromatic nitrogens is 4. The van der Waals surface area contributed by atoms with E-state index in [-0.39, 0.29) is 22.5 Å². The number of nitrogens with zero attached hydrogens (tertiary/aromatic N) is 5. The second-order valence-corrected chi connectivity index (χ2v) is 3.30. The summed E-state index contributed by atoms with van der Waals surface area (Å²) in [5, 5.41) is 14.7. The minimum Gasteiger partial charge on any atom is -0.258 e. The van der Waals surface area contributed by atoms with Crippen molar-refractivity contribution in [2.75, 3.05) is 0 Å². The molecule has 0 aliphatic carbocycles. The molecule has 16 heavy (non-hydrogen) atoms. The zero-order chi connectivity index (χ0) is 11.7. The highest BCUT2D eigenvalue weighted by Crippen LogP contribution is 2.24. The van der Waals surface area contributed by atoms with Gasteiger partial charge in [-0.15, -0.1) is 0 Å². The standard InChI is InChI=1S/C8H6ClN5O2/c1-5-6(14(15)16)7(12-8(9)11-5)13-4-2-3-10-13/h2-4H,1H3. The molecular formula is C8H6ClN5O2. The Morgan fingerprint density at radius 2 is 2.25 bits per heavy atom. The third-order valence-electron chi connectivity index (χ3n) is 1.92. The van der Waals surface area contributed by atoms with Crippen molar-refractivity contribution < 1.29 is 4.92 Å². The van der Waals surface area contributed by atoms with Gasteiger partial charge in [0.2, 0.25) is 11.1 Å². The maximum atomic E-state index is 10.9. The van der Waals surface area contributed by atoms with E-state index in [0.717, 1.165) is 0 Å². The van der Waals surface area contributed by atoms with E-state index in [1.807, 2.05) is 0 Å². The van der Waals surface area contributed by atoms with Gasteiger partial charge in [0.05, 0.1) is 4.92 Å². The monoisotopic (exact) mass is 239 g/mol. The van der Waals surface area contributed by atoms with E-state index in [0.29, 0.717) is 0 Å². The molecule has 82 valence electrons. The van der Waals surface area contributed by atoms with Gasteiger partial charge < -0.3 is 0 Å². The number of hydrogen-bond acceptors (Lipinski definition) is 5. The minimum absolute atomic E-state index is 0.0476. The summed E-state index contributed by atoms with van der Waals surface area (Å²) in [4.78, 5) is 17.9. The largest absolute Gasteiger partial charge is 0.334 e. The third-order valence-corrected chi connectivity index (χ3v) is 2.09. The summed E-state index contributed by atoms with van der Waals surface area (Å²) in [5.41, 5.74) is 0.00333. The maximum absolute atomic E-state index is 10.9. The third kappa shape index (κ3) is 1.72. The molecule has 2 rings (SSSR count). The summed E-state index contributed by atoms with van der Waals surface area (Å²) in [6.45, 7) is 1.50. The zero-order valence-electron chi connectivity index (χ0n) is 8.16. The van der Waals surface area contributed by atoms with Crippen LogP contribution < -0.4 is 0 Å². The first-order valence-corrected chi connectivity index (χ1v) is 4.66. The molecular weight excluding hydrogens is 234 g/mol. The molecule has 0 aromatic carbocycles. The number of nitro groups is 1. The van der Waals surface area contributed by atoms with Crippen LogP contribution in [-0.2, 0) is 0 Å². The van der Waals surface area contributed by atoms with Crippen LogP contribution in [-0.4, -0.2) is 24.7 Å². The second kappa shape index (κ2) is 3.86. The first-order valence-electron chi connectivity index (χ1n) is 4.28. The van der Waals surface area contributed by atoms with E-state index in [9.17, 15) is 10.1 Å². The molecule has 0 saturated heterocycles. The molecule has 0 aliphatic rings. The summed E-state index contributed by atoms with van der Waals surface area (Å²) >= 11 is 5.66.